The third-order valence-electron chi connectivity index (χ3n) is 11.3. The van der Waals surface area contributed by atoms with Crippen molar-refractivity contribution >= 4 is 71.4 Å². The van der Waals surface area contributed by atoms with E-state index in [0.29, 0.717) is 51.3 Å². The Morgan fingerprint density at radius 1 is 0.667 bits per heavy atom. The summed E-state index contributed by atoms with van der Waals surface area (Å²) in [6.45, 7) is 23.4. The topological polar surface area (TPSA) is 187 Å². The van der Waals surface area contributed by atoms with Crippen LogP contribution in [-0.4, -0.2) is 51.6 Å². The minimum atomic E-state index is -4.79. The molecule has 2 aliphatic rings. The van der Waals surface area contributed by atoms with E-state index < -0.39 is 20.1 Å². The Kier molecular flexibility index (Phi) is 13.6. The summed E-state index contributed by atoms with van der Waals surface area (Å²) in [6, 6.07) is 18.1. The number of anilines is 4. The normalized spacial score (nSPS) is 12.9. The molecule has 4 aromatic rings. The first-order valence-electron chi connectivity index (χ1n) is 21.6. The lowest BCUT2D eigenvalue weighted by molar-refractivity contribution is -0.118. The highest BCUT2D eigenvalue weighted by Gasteiger charge is 2.29. The minimum Gasteiger partial charge on any atom is -0.456 e. The van der Waals surface area contributed by atoms with E-state index in [1.807, 2.05) is 95.2 Å². The first-order valence-corrected chi connectivity index (χ1v) is 24.5. The van der Waals surface area contributed by atoms with Crippen molar-refractivity contribution in [1.82, 2.24) is 4.31 Å². The molecule has 1 aliphatic carbocycles. The van der Waals surface area contributed by atoms with Gasteiger partial charge >= 0.3 is 0 Å². The van der Waals surface area contributed by atoms with E-state index in [0.717, 1.165) is 37.8 Å². The predicted molar refractivity (Wildman–Crippen MR) is 264 cm³/mol. The Hall–Kier alpha value is -5.87. The van der Waals surface area contributed by atoms with Crippen molar-refractivity contribution in [2.24, 2.45) is 15.8 Å². The number of carbonyl (C=O) groups excluding carboxylic acids is 2. The molecule has 0 saturated heterocycles. The van der Waals surface area contributed by atoms with E-state index in [-0.39, 0.29) is 61.1 Å². The summed E-state index contributed by atoms with van der Waals surface area (Å²) >= 11 is 0. The van der Waals surface area contributed by atoms with Crippen LogP contribution in [0.3, 0.4) is 0 Å². The SMILES string of the molecule is Cc1cc(C)c(NC(=O)CC(C)(C)C)c(C)c1/N=c1\cc2oc3cc(Nc4c(C)cc(C)c(NC(=O)CC(C)(C)C)c4C)ccc3c(-c3ccccc3S(=O)(=O)O)c-2cc1S(=O)(=O)N(C)C. The van der Waals surface area contributed by atoms with E-state index in [2.05, 4.69) is 16.0 Å². The number of amides is 2. The lowest BCUT2D eigenvalue weighted by Gasteiger charge is -2.22. The smallest absolute Gasteiger partial charge is 0.295 e. The summed E-state index contributed by atoms with van der Waals surface area (Å²) in [5, 5.41) is 10.2. The lowest BCUT2D eigenvalue weighted by atomic mass is 9.91. The van der Waals surface area contributed by atoms with Crippen LogP contribution in [0.15, 0.2) is 85.9 Å². The number of sulfonamides is 1. The highest BCUT2D eigenvalue weighted by molar-refractivity contribution is 7.89. The number of fused-ring (bicyclic) bond motifs is 2. The molecule has 0 unspecified atom stereocenters. The Morgan fingerprint density at radius 2 is 1.21 bits per heavy atom. The summed E-state index contributed by atoms with van der Waals surface area (Å²) in [5.41, 5.74) is 8.43. The van der Waals surface area contributed by atoms with E-state index in [9.17, 15) is 31.0 Å². The maximum absolute atomic E-state index is 14.3. The molecule has 0 spiro atoms. The van der Waals surface area contributed by atoms with Crippen LogP contribution in [0.5, 0.6) is 0 Å². The molecule has 1 aliphatic heterocycles. The second-order valence-corrected chi connectivity index (χ2v) is 23.3. The average Bonchev–Trinajstić information content (AvgIpc) is 3.18. The molecular weight excluding hydrogens is 875 g/mol. The highest BCUT2D eigenvalue weighted by atomic mass is 32.2. The number of rotatable bonds is 11. The quantitative estimate of drug-likeness (QED) is 0.0724. The molecule has 350 valence electrons. The number of aryl methyl sites for hydroxylation is 4. The summed E-state index contributed by atoms with van der Waals surface area (Å²) in [6.07, 6.45) is 0.615. The molecule has 2 amide bonds. The molecule has 0 bridgehead atoms. The van der Waals surface area contributed by atoms with Gasteiger partial charge in [0.15, 0.2) is 0 Å². The Balaban J connectivity index is 1.66. The molecule has 0 atom stereocenters. The number of hydrogen-bond acceptors (Lipinski definition) is 9. The van der Waals surface area contributed by atoms with Gasteiger partial charge in [-0.25, -0.2) is 17.7 Å². The van der Waals surface area contributed by atoms with Crippen molar-refractivity contribution in [3.8, 4) is 22.5 Å². The third kappa shape index (κ3) is 10.5. The molecule has 1 heterocycles. The van der Waals surface area contributed by atoms with Gasteiger partial charge in [-0.15, -0.1) is 0 Å². The fraction of sp³-hybridized carbons (Fsp3) is 0.353. The van der Waals surface area contributed by atoms with Crippen LogP contribution >= 0.6 is 0 Å². The van der Waals surface area contributed by atoms with Gasteiger partial charge in [0.25, 0.3) is 10.1 Å². The molecule has 0 aromatic heterocycles. The zero-order chi connectivity index (χ0) is 49.0. The fourth-order valence-corrected chi connectivity index (χ4v) is 10.1. The Morgan fingerprint density at radius 3 is 1.77 bits per heavy atom. The van der Waals surface area contributed by atoms with Gasteiger partial charge in [0.1, 0.15) is 21.1 Å². The number of benzene rings is 5. The highest BCUT2D eigenvalue weighted by Crippen LogP contribution is 2.45. The number of nitrogens with one attached hydrogen (secondary N) is 3. The van der Waals surface area contributed by atoms with Gasteiger partial charge in [-0.2, -0.15) is 8.42 Å². The van der Waals surface area contributed by atoms with Crippen molar-refractivity contribution in [2.45, 2.75) is 106 Å². The first kappa shape index (κ1) is 49.6. The molecule has 4 aromatic carbocycles. The van der Waals surface area contributed by atoms with Crippen LogP contribution in [0.25, 0.3) is 33.4 Å². The second-order valence-electron chi connectivity index (χ2n) is 19.8. The molecule has 66 heavy (non-hydrogen) atoms. The summed E-state index contributed by atoms with van der Waals surface area (Å²) in [4.78, 5) is 30.7. The molecule has 6 rings (SSSR count). The summed E-state index contributed by atoms with van der Waals surface area (Å²) in [5.74, 6) is -0.0940. The van der Waals surface area contributed by atoms with E-state index >= 15 is 0 Å². The molecular formula is C51H61N5O8S2. The first-order chi connectivity index (χ1) is 30.5. The van der Waals surface area contributed by atoms with Crippen molar-refractivity contribution in [1.29, 1.82) is 0 Å². The number of carbonyl (C=O) groups is 2. The number of nitrogens with zero attached hydrogens (tertiary/aromatic N) is 2. The van der Waals surface area contributed by atoms with Crippen LogP contribution in [0.4, 0.5) is 28.4 Å². The Labute approximate surface area is 388 Å². The van der Waals surface area contributed by atoms with Crippen LogP contribution in [-0.2, 0) is 29.7 Å². The van der Waals surface area contributed by atoms with Gasteiger partial charge in [0.2, 0.25) is 21.8 Å². The van der Waals surface area contributed by atoms with Crippen LogP contribution in [0, 0.1) is 52.4 Å². The monoisotopic (exact) mass is 935 g/mol. The minimum absolute atomic E-state index is 0.0385. The zero-order valence-electron chi connectivity index (χ0n) is 40.3. The molecule has 4 N–H and O–H groups in total. The van der Waals surface area contributed by atoms with Gasteiger partial charge in [0.05, 0.1) is 11.0 Å². The zero-order valence-corrected chi connectivity index (χ0v) is 41.9. The molecule has 15 heteroatoms. The molecule has 0 radical (unpaired) electrons. The maximum Gasteiger partial charge on any atom is 0.295 e. The standard InChI is InChI=1S/C51H61N5O8S2/c1-28-21-30(3)48(54-43(57)26-50(7,8)9)32(5)46(28)52-34-19-20-35-39(23-34)64-40-25-38(53-47-29(2)22-31(4)49(33(47)6)55-44(58)27-51(10,11)12)42(65(59,60)56(13)14)24-37(40)45(35)36-17-15-16-18-41(36)66(61,62)63/h15-25,52H,26-27H2,1-14H3,(H,54,57)(H,55,58)(H,61,62,63)/b53-38+. The van der Waals surface area contributed by atoms with E-state index in [1.165, 1.54) is 38.4 Å². The molecule has 0 saturated carbocycles. The molecule has 13 nitrogen and oxygen atoms in total. The summed E-state index contributed by atoms with van der Waals surface area (Å²) < 4.78 is 72.9. The maximum atomic E-state index is 14.3. The predicted octanol–water partition coefficient (Wildman–Crippen LogP) is 11.3. The largest absolute Gasteiger partial charge is 0.456 e. The van der Waals surface area contributed by atoms with Crippen molar-refractivity contribution in [3.05, 3.63) is 105 Å². The van der Waals surface area contributed by atoms with Gasteiger partial charge in [-0.1, -0.05) is 71.9 Å². The van der Waals surface area contributed by atoms with Gasteiger partial charge in [-0.05, 0) is 110 Å². The second kappa shape index (κ2) is 18.1. The third-order valence-corrected chi connectivity index (χ3v) is 14.1. The van der Waals surface area contributed by atoms with Crippen molar-refractivity contribution < 1.29 is 35.4 Å². The van der Waals surface area contributed by atoms with E-state index in [1.54, 1.807) is 30.3 Å². The average molecular weight is 936 g/mol. The van der Waals surface area contributed by atoms with Crippen molar-refractivity contribution in [2.75, 3.05) is 30.0 Å². The van der Waals surface area contributed by atoms with Crippen LogP contribution in [0.1, 0.15) is 87.8 Å². The lowest BCUT2D eigenvalue weighted by Crippen LogP contribution is -2.28. The van der Waals surface area contributed by atoms with Gasteiger partial charge < -0.3 is 20.4 Å². The number of hydrogen-bond donors (Lipinski definition) is 4. The summed E-state index contributed by atoms with van der Waals surface area (Å²) in [7, 11) is -6.22. The van der Waals surface area contributed by atoms with Crippen LogP contribution in [0.2, 0.25) is 0 Å². The van der Waals surface area contributed by atoms with Gasteiger partial charge in [0, 0.05) is 83.9 Å². The fourth-order valence-electron chi connectivity index (χ4n) is 8.37. The van der Waals surface area contributed by atoms with E-state index in [4.69, 9.17) is 9.41 Å². The van der Waals surface area contributed by atoms with Crippen LogP contribution < -0.4 is 21.3 Å². The Bertz CT molecular complexity index is 3210. The van der Waals surface area contributed by atoms with Gasteiger partial charge in [-0.3, -0.25) is 14.1 Å². The molecule has 0 fully saturated rings. The van der Waals surface area contributed by atoms with Crippen molar-refractivity contribution in [3.63, 3.8) is 0 Å².